The lowest BCUT2D eigenvalue weighted by molar-refractivity contribution is 0.0962. The Labute approximate surface area is 129 Å². The molecule has 0 heterocycles. The summed E-state index contributed by atoms with van der Waals surface area (Å²) < 4.78 is 11.9. The van der Waals surface area contributed by atoms with Crippen LogP contribution in [0.4, 0.5) is 0 Å². The molecule has 0 aliphatic rings. The van der Waals surface area contributed by atoms with Crippen molar-refractivity contribution in [3.63, 3.8) is 0 Å². The monoisotopic (exact) mass is 342 g/mol. The Morgan fingerprint density at radius 3 is 2.20 bits per heavy atom. The van der Waals surface area contributed by atoms with E-state index in [1.54, 1.807) is 6.07 Å². The number of hydrogen-bond donors (Lipinski definition) is 0. The van der Waals surface area contributed by atoms with Gasteiger partial charge in [0.15, 0.2) is 17.3 Å². The quantitative estimate of drug-likeness (QED) is 0.632. The smallest absolute Gasteiger partial charge is 0.164 e. The van der Waals surface area contributed by atoms with E-state index in [9.17, 15) is 4.79 Å². The van der Waals surface area contributed by atoms with E-state index < -0.39 is 0 Å². The molecule has 1 atom stereocenters. The highest BCUT2D eigenvalue weighted by Crippen LogP contribution is 2.34. The minimum Gasteiger partial charge on any atom is -0.490 e. The summed E-state index contributed by atoms with van der Waals surface area (Å²) >= 11 is 3.46. The largest absolute Gasteiger partial charge is 0.490 e. The second-order valence-electron chi connectivity index (χ2n) is 4.79. The first-order chi connectivity index (χ1) is 9.53. The van der Waals surface area contributed by atoms with Gasteiger partial charge in [-0.1, -0.05) is 20.3 Å². The van der Waals surface area contributed by atoms with Gasteiger partial charge in [-0.05, 0) is 47.8 Å². The van der Waals surface area contributed by atoms with E-state index in [4.69, 9.17) is 9.47 Å². The highest BCUT2D eigenvalue weighted by atomic mass is 79.9. The molecule has 0 amide bonds. The predicted molar refractivity (Wildman–Crippen MR) is 84.9 cm³/mol. The zero-order valence-electron chi connectivity index (χ0n) is 12.7. The van der Waals surface area contributed by atoms with E-state index in [1.807, 2.05) is 19.9 Å². The van der Waals surface area contributed by atoms with Crippen molar-refractivity contribution in [2.24, 2.45) is 5.92 Å². The summed E-state index contributed by atoms with van der Waals surface area (Å²) in [4.78, 5) is 12.3. The summed E-state index contributed by atoms with van der Waals surface area (Å²) in [5.41, 5.74) is 0.664. The number of ketones is 1. The zero-order valence-corrected chi connectivity index (χ0v) is 14.2. The average molecular weight is 343 g/mol. The second-order valence-corrected chi connectivity index (χ2v) is 5.64. The first-order valence-electron chi connectivity index (χ1n) is 7.15. The molecule has 4 heteroatoms. The van der Waals surface area contributed by atoms with Crippen LogP contribution in [-0.4, -0.2) is 19.0 Å². The van der Waals surface area contributed by atoms with Gasteiger partial charge < -0.3 is 9.47 Å². The van der Waals surface area contributed by atoms with Crippen molar-refractivity contribution in [3.8, 4) is 11.5 Å². The number of halogens is 1. The van der Waals surface area contributed by atoms with Gasteiger partial charge in [-0.15, -0.1) is 0 Å². The van der Waals surface area contributed by atoms with Crippen molar-refractivity contribution < 1.29 is 14.3 Å². The van der Waals surface area contributed by atoms with Crippen LogP contribution < -0.4 is 9.47 Å². The predicted octanol–water partition coefficient (Wildman–Crippen LogP) is 4.87. The molecular formula is C16H23BrO3. The highest BCUT2D eigenvalue weighted by molar-refractivity contribution is 9.10. The number of carbonyl (C=O) groups is 1. The molecule has 0 fully saturated rings. The van der Waals surface area contributed by atoms with Gasteiger partial charge in [0.25, 0.3) is 0 Å². The zero-order chi connectivity index (χ0) is 15.1. The Morgan fingerprint density at radius 1 is 1.15 bits per heavy atom. The van der Waals surface area contributed by atoms with E-state index >= 15 is 0 Å². The van der Waals surface area contributed by atoms with Crippen LogP contribution in [0.1, 0.15) is 50.9 Å². The Bertz CT molecular complexity index is 457. The number of carbonyl (C=O) groups excluding carboxylic acids is 1. The van der Waals surface area contributed by atoms with Crippen molar-refractivity contribution in [2.45, 2.75) is 40.5 Å². The molecule has 112 valence electrons. The first-order valence-corrected chi connectivity index (χ1v) is 7.95. The highest BCUT2D eigenvalue weighted by Gasteiger charge is 2.17. The maximum atomic E-state index is 12.3. The Kier molecular flexibility index (Phi) is 7.06. The van der Waals surface area contributed by atoms with Gasteiger partial charge in [-0.2, -0.15) is 0 Å². The molecule has 20 heavy (non-hydrogen) atoms. The topological polar surface area (TPSA) is 35.5 Å². The summed E-state index contributed by atoms with van der Waals surface area (Å²) in [6, 6.07) is 3.60. The maximum absolute atomic E-state index is 12.3. The van der Waals surface area contributed by atoms with E-state index in [2.05, 4.69) is 29.8 Å². The van der Waals surface area contributed by atoms with Gasteiger partial charge in [0.1, 0.15) is 0 Å². The van der Waals surface area contributed by atoms with Gasteiger partial charge in [0.2, 0.25) is 0 Å². The SMILES string of the molecule is CCOc1cc(Br)c(C(=O)CC(C)CC)cc1OCC. The Morgan fingerprint density at radius 2 is 1.70 bits per heavy atom. The van der Waals surface area contributed by atoms with Crippen LogP contribution in [0.25, 0.3) is 0 Å². The van der Waals surface area contributed by atoms with Crippen molar-refractivity contribution >= 4 is 21.7 Å². The number of benzene rings is 1. The fourth-order valence-electron chi connectivity index (χ4n) is 1.86. The van der Waals surface area contributed by atoms with Crippen molar-refractivity contribution in [1.29, 1.82) is 0 Å². The fraction of sp³-hybridized carbons (Fsp3) is 0.562. The molecule has 0 spiro atoms. The van der Waals surface area contributed by atoms with Crippen LogP contribution in [0.2, 0.25) is 0 Å². The van der Waals surface area contributed by atoms with Gasteiger partial charge in [0.05, 0.1) is 13.2 Å². The Balaban J connectivity index is 3.07. The number of hydrogen-bond acceptors (Lipinski definition) is 3. The van der Waals surface area contributed by atoms with Gasteiger partial charge >= 0.3 is 0 Å². The lowest BCUT2D eigenvalue weighted by atomic mass is 9.97. The summed E-state index contributed by atoms with van der Waals surface area (Å²) in [5, 5.41) is 0. The van der Waals surface area contributed by atoms with Crippen LogP contribution in [0.5, 0.6) is 11.5 Å². The average Bonchev–Trinajstić information content (AvgIpc) is 2.41. The molecule has 3 nitrogen and oxygen atoms in total. The van der Waals surface area contributed by atoms with Crippen molar-refractivity contribution in [1.82, 2.24) is 0 Å². The van der Waals surface area contributed by atoms with Gasteiger partial charge in [-0.3, -0.25) is 4.79 Å². The summed E-state index contributed by atoms with van der Waals surface area (Å²) in [6.45, 7) is 9.12. The van der Waals surface area contributed by atoms with E-state index in [-0.39, 0.29) is 5.78 Å². The molecule has 1 aromatic rings. The molecule has 0 bridgehead atoms. The van der Waals surface area contributed by atoms with E-state index in [0.717, 1.165) is 10.9 Å². The third-order valence-corrected chi connectivity index (χ3v) is 3.82. The normalized spacial score (nSPS) is 12.1. The maximum Gasteiger partial charge on any atom is 0.164 e. The van der Waals surface area contributed by atoms with Gasteiger partial charge in [-0.25, -0.2) is 0 Å². The number of rotatable bonds is 8. The third-order valence-electron chi connectivity index (χ3n) is 3.16. The Hall–Kier alpha value is -1.03. The van der Waals surface area contributed by atoms with E-state index in [1.165, 1.54) is 0 Å². The molecule has 1 unspecified atom stereocenters. The van der Waals surface area contributed by atoms with Crippen LogP contribution in [0.3, 0.4) is 0 Å². The molecular weight excluding hydrogens is 320 g/mol. The molecule has 0 radical (unpaired) electrons. The summed E-state index contributed by atoms with van der Waals surface area (Å²) in [5.74, 6) is 1.82. The third kappa shape index (κ3) is 4.51. The van der Waals surface area contributed by atoms with Crippen LogP contribution in [0.15, 0.2) is 16.6 Å². The molecule has 0 saturated carbocycles. The van der Waals surface area contributed by atoms with Crippen molar-refractivity contribution in [2.75, 3.05) is 13.2 Å². The second kappa shape index (κ2) is 8.30. The van der Waals surface area contributed by atoms with Crippen LogP contribution >= 0.6 is 15.9 Å². The summed E-state index contributed by atoms with van der Waals surface area (Å²) in [6.07, 6.45) is 1.55. The number of ether oxygens (including phenoxy) is 2. The molecule has 1 rings (SSSR count). The molecule has 0 aromatic heterocycles. The van der Waals surface area contributed by atoms with Crippen LogP contribution in [0, 0.1) is 5.92 Å². The first kappa shape index (κ1) is 17.0. The minimum absolute atomic E-state index is 0.134. The molecule has 0 aliphatic carbocycles. The fourth-order valence-corrected chi connectivity index (χ4v) is 2.40. The lowest BCUT2D eigenvalue weighted by Crippen LogP contribution is -2.08. The van der Waals surface area contributed by atoms with Crippen LogP contribution in [-0.2, 0) is 0 Å². The minimum atomic E-state index is 0.134. The molecule has 0 saturated heterocycles. The van der Waals surface area contributed by atoms with Gasteiger partial charge in [0, 0.05) is 16.5 Å². The standard InChI is InChI=1S/C16H23BrO3/c1-5-11(4)8-14(18)12-9-15(19-6-2)16(20-7-3)10-13(12)17/h9-11H,5-8H2,1-4H3. The lowest BCUT2D eigenvalue weighted by Gasteiger charge is -2.14. The molecule has 1 aromatic carbocycles. The van der Waals surface area contributed by atoms with E-state index in [0.29, 0.717) is 42.6 Å². The van der Waals surface area contributed by atoms with Crippen molar-refractivity contribution in [3.05, 3.63) is 22.2 Å². The summed E-state index contributed by atoms with van der Waals surface area (Å²) in [7, 11) is 0. The molecule has 0 aliphatic heterocycles. The number of Topliss-reactive ketones (excluding diaryl/α,β-unsaturated/α-hetero) is 1. The molecule has 0 N–H and O–H groups in total.